The average Bonchev–Trinajstić information content (AvgIpc) is 3.23. The van der Waals surface area contributed by atoms with E-state index < -0.39 is 10.0 Å². The zero-order valence-electron chi connectivity index (χ0n) is 15.9. The highest BCUT2D eigenvalue weighted by Gasteiger charge is 2.21. The monoisotopic (exact) mass is 414 g/mol. The first-order valence-electron chi connectivity index (χ1n) is 8.78. The molecule has 0 bridgehead atoms. The minimum atomic E-state index is -3.72. The van der Waals surface area contributed by atoms with Crippen LogP contribution in [0, 0.1) is 6.92 Å². The Morgan fingerprint density at radius 2 is 1.71 bits per heavy atom. The number of benzene rings is 2. The van der Waals surface area contributed by atoms with Crippen LogP contribution >= 0.6 is 11.3 Å². The van der Waals surface area contributed by atoms with Crippen LogP contribution in [0.4, 0.5) is 5.69 Å². The van der Waals surface area contributed by atoms with Crippen LogP contribution in [0.15, 0.2) is 70.9 Å². The quantitative estimate of drug-likeness (QED) is 0.636. The van der Waals surface area contributed by atoms with Gasteiger partial charge in [0, 0.05) is 17.5 Å². The molecule has 0 fully saturated rings. The number of nitrogens with zero attached hydrogens (tertiary/aromatic N) is 1. The minimum absolute atomic E-state index is 0.0568. The fourth-order valence-corrected chi connectivity index (χ4v) is 4.72. The molecule has 0 spiro atoms. The molecule has 0 saturated carbocycles. The summed E-state index contributed by atoms with van der Waals surface area (Å²) in [5.74, 6) is -0.156. The van der Waals surface area contributed by atoms with Crippen molar-refractivity contribution in [3.8, 4) is 0 Å². The zero-order chi connectivity index (χ0) is 20.3. The second-order valence-corrected chi connectivity index (χ2v) is 9.21. The van der Waals surface area contributed by atoms with E-state index in [1.165, 1.54) is 12.1 Å². The molecule has 0 aliphatic carbocycles. The van der Waals surface area contributed by atoms with E-state index in [0.717, 1.165) is 10.4 Å². The minimum Gasteiger partial charge on any atom is -0.334 e. The third kappa shape index (κ3) is 4.26. The lowest BCUT2D eigenvalue weighted by Gasteiger charge is -2.24. The molecule has 5 nitrogen and oxygen atoms in total. The molecule has 1 unspecified atom stereocenters. The zero-order valence-corrected chi connectivity index (χ0v) is 17.5. The lowest BCUT2D eigenvalue weighted by molar-refractivity contribution is 0.0745. The van der Waals surface area contributed by atoms with Crippen molar-refractivity contribution in [3.05, 3.63) is 82.0 Å². The van der Waals surface area contributed by atoms with Crippen LogP contribution in [0.2, 0.25) is 0 Å². The summed E-state index contributed by atoms with van der Waals surface area (Å²) in [6.07, 6.45) is 0. The van der Waals surface area contributed by atoms with Crippen LogP contribution in [-0.2, 0) is 10.0 Å². The number of carbonyl (C=O) groups excluding carboxylic acids is 1. The van der Waals surface area contributed by atoms with Gasteiger partial charge in [0.05, 0.1) is 16.6 Å². The SMILES string of the molecule is Cc1ccccc1NS(=O)(=O)c1ccc(C(=O)N(C)C(C)c2cccs2)cc1. The van der Waals surface area contributed by atoms with Crippen molar-refractivity contribution in [2.24, 2.45) is 0 Å². The Morgan fingerprint density at radius 1 is 1.04 bits per heavy atom. The number of aryl methyl sites for hydroxylation is 1. The summed E-state index contributed by atoms with van der Waals surface area (Å²) in [6.45, 7) is 3.80. The molecule has 2 aromatic carbocycles. The lowest BCUT2D eigenvalue weighted by atomic mass is 10.1. The van der Waals surface area contributed by atoms with Gasteiger partial charge in [-0.15, -0.1) is 11.3 Å². The molecule has 0 aliphatic heterocycles. The Morgan fingerprint density at radius 3 is 2.32 bits per heavy atom. The molecule has 1 atom stereocenters. The van der Waals surface area contributed by atoms with Gasteiger partial charge in [-0.3, -0.25) is 9.52 Å². The van der Waals surface area contributed by atoms with Crippen molar-refractivity contribution < 1.29 is 13.2 Å². The second kappa shape index (κ2) is 8.16. The van der Waals surface area contributed by atoms with E-state index in [4.69, 9.17) is 0 Å². The summed E-state index contributed by atoms with van der Waals surface area (Å²) in [6, 6.07) is 17.1. The maximum absolute atomic E-state index is 12.7. The van der Waals surface area contributed by atoms with Gasteiger partial charge in [-0.2, -0.15) is 0 Å². The lowest BCUT2D eigenvalue weighted by Crippen LogP contribution is -2.29. The Labute approximate surface area is 169 Å². The average molecular weight is 415 g/mol. The van der Waals surface area contributed by atoms with Gasteiger partial charge in [0.15, 0.2) is 0 Å². The highest BCUT2D eigenvalue weighted by atomic mass is 32.2. The molecule has 1 N–H and O–H groups in total. The molecule has 1 aromatic heterocycles. The first-order chi connectivity index (χ1) is 13.3. The number of hydrogen-bond donors (Lipinski definition) is 1. The second-order valence-electron chi connectivity index (χ2n) is 6.55. The van der Waals surface area contributed by atoms with E-state index in [1.54, 1.807) is 47.5 Å². The Hall–Kier alpha value is -2.64. The van der Waals surface area contributed by atoms with Gasteiger partial charge in [0.2, 0.25) is 0 Å². The van der Waals surface area contributed by atoms with Gasteiger partial charge in [-0.1, -0.05) is 24.3 Å². The van der Waals surface area contributed by atoms with Crippen LogP contribution in [0.25, 0.3) is 0 Å². The van der Waals surface area contributed by atoms with Gasteiger partial charge in [0.25, 0.3) is 15.9 Å². The molecule has 0 saturated heterocycles. The van der Waals surface area contributed by atoms with Crippen molar-refractivity contribution >= 4 is 33.0 Å². The summed E-state index contributed by atoms with van der Waals surface area (Å²) in [5, 5.41) is 1.98. The van der Waals surface area contributed by atoms with Crippen molar-refractivity contribution in [2.45, 2.75) is 24.8 Å². The van der Waals surface area contributed by atoms with Crippen LogP contribution in [0.3, 0.4) is 0 Å². The summed E-state index contributed by atoms with van der Waals surface area (Å²) >= 11 is 1.60. The smallest absolute Gasteiger partial charge is 0.261 e. The number of sulfonamides is 1. The maximum atomic E-state index is 12.7. The topological polar surface area (TPSA) is 66.5 Å². The molecule has 0 radical (unpaired) electrons. The molecule has 1 amide bonds. The Kier molecular flexibility index (Phi) is 5.86. The molecule has 3 rings (SSSR count). The summed E-state index contributed by atoms with van der Waals surface area (Å²) < 4.78 is 27.8. The summed E-state index contributed by atoms with van der Waals surface area (Å²) in [7, 11) is -1.98. The highest BCUT2D eigenvalue weighted by Crippen LogP contribution is 2.25. The van der Waals surface area contributed by atoms with E-state index >= 15 is 0 Å². The Balaban J connectivity index is 1.77. The van der Waals surface area contributed by atoms with Crippen LogP contribution in [-0.4, -0.2) is 26.3 Å². The predicted molar refractivity (Wildman–Crippen MR) is 113 cm³/mol. The van der Waals surface area contributed by atoms with E-state index in [-0.39, 0.29) is 16.8 Å². The van der Waals surface area contributed by atoms with Crippen molar-refractivity contribution in [1.82, 2.24) is 4.90 Å². The fraction of sp³-hybridized carbons (Fsp3) is 0.190. The van der Waals surface area contributed by atoms with Crippen LogP contribution < -0.4 is 4.72 Å². The van der Waals surface area contributed by atoms with Gasteiger partial charge in [-0.25, -0.2) is 8.42 Å². The van der Waals surface area contributed by atoms with E-state index in [2.05, 4.69) is 4.72 Å². The number of carbonyl (C=O) groups is 1. The molecule has 0 aliphatic rings. The number of amides is 1. The number of nitrogens with one attached hydrogen (secondary N) is 1. The summed E-state index contributed by atoms with van der Waals surface area (Å²) in [4.78, 5) is 15.6. The van der Waals surface area contributed by atoms with Crippen LogP contribution in [0.1, 0.15) is 33.8 Å². The number of rotatable bonds is 6. The number of hydrogen-bond acceptors (Lipinski definition) is 4. The molecule has 1 heterocycles. The van der Waals surface area contributed by atoms with E-state index in [9.17, 15) is 13.2 Å². The number of para-hydroxylation sites is 1. The normalized spacial score (nSPS) is 12.4. The standard InChI is InChI=1S/C21H22N2O3S2/c1-15-7-4-5-8-19(15)22-28(25,26)18-12-10-17(11-13-18)21(24)23(3)16(2)20-9-6-14-27-20/h4-14,16,22H,1-3H3. The maximum Gasteiger partial charge on any atom is 0.261 e. The first kappa shape index (κ1) is 20.1. The molecule has 3 aromatic rings. The fourth-order valence-electron chi connectivity index (χ4n) is 2.77. The molecule has 28 heavy (non-hydrogen) atoms. The van der Waals surface area contributed by atoms with Gasteiger partial charge < -0.3 is 4.90 Å². The van der Waals surface area contributed by atoms with Crippen molar-refractivity contribution in [1.29, 1.82) is 0 Å². The Bertz CT molecular complexity index is 1060. The van der Waals surface area contributed by atoms with Crippen LogP contribution in [0.5, 0.6) is 0 Å². The van der Waals surface area contributed by atoms with E-state index in [1.807, 2.05) is 43.5 Å². The first-order valence-corrected chi connectivity index (χ1v) is 11.1. The van der Waals surface area contributed by atoms with Gasteiger partial charge in [-0.05, 0) is 61.2 Å². The summed E-state index contributed by atoms with van der Waals surface area (Å²) in [5.41, 5.74) is 1.81. The highest BCUT2D eigenvalue weighted by molar-refractivity contribution is 7.92. The van der Waals surface area contributed by atoms with Crippen molar-refractivity contribution in [3.63, 3.8) is 0 Å². The molecular weight excluding hydrogens is 392 g/mol. The largest absolute Gasteiger partial charge is 0.334 e. The number of anilines is 1. The van der Waals surface area contributed by atoms with Gasteiger partial charge in [0.1, 0.15) is 0 Å². The third-order valence-electron chi connectivity index (χ3n) is 4.66. The number of thiophene rings is 1. The molecular formula is C21H22N2O3S2. The van der Waals surface area contributed by atoms with Gasteiger partial charge >= 0.3 is 0 Å². The van der Waals surface area contributed by atoms with Crippen molar-refractivity contribution in [2.75, 3.05) is 11.8 Å². The van der Waals surface area contributed by atoms with E-state index in [0.29, 0.717) is 11.3 Å². The molecule has 146 valence electrons. The predicted octanol–water partition coefficient (Wildman–Crippen LogP) is 4.69. The molecule has 7 heteroatoms. The third-order valence-corrected chi connectivity index (χ3v) is 7.08.